The first-order chi connectivity index (χ1) is 26.2. The Morgan fingerprint density at radius 1 is 0.875 bits per heavy atom. The lowest BCUT2D eigenvalue weighted by Gasteiger charge is -2.44. The van der Waals surface area contributed by atoms with Crippen molar-refractivity contribution < 1.29 is 45.4 Å². The number of hydroxylamine groups is 4. The van der Waals surface area contributed by atoms with E-state index in [1.165, 1.54) is 9.80 Å². The van der Waals surface area contributed by atoms with Gasteiger partial charge in [0.15, 0.2) is 5.76 Å². The van der Waals surface area contributed by atoms with Gasteiger partial charge < -0.3 is 23.8 Å². The van der Waals surface area contributed by atoms with Gasteiger partial charge in [0.1, 0.15) is 16.9 Å². The summed E-state index contributed by atoms with van der Waals surface area (Å²) in [5.41, 5.74) is -1.40. The van der Waals surface area contributed by atoms with Crippen LogP contribution >= 0.6 is 0 Å². The van der Waals surface area contributed by atoms with Gasteiger partial charge in [0.2, 0.25) is 0 Å². The summed E-state index contributed by atoms with van der Waals surface area (Å²) < 4.78 is 55.7. The number of likely N-dealkylation sites (tertiary alicyclic amines) is 1. The number of amides is 4. The Kier molecular flexibility index (Phi) is 15.5. The van der Waals surface area contributed by atoms with Crippen molar-refractivity contribution in [1.29, 1.82) is 0 Å². The molecule has 0 aromatic carbocycles. The number of rotatable bonds is 20. The van der Waals surface area contributed by atoms with Crippen LogP contribution in [0.2, 0.25) is 0 Å². The molecule has 0 N–H and O–H groups in total. The van der Waals surface area contributed by atoms with Crippen molar-refractivity contribution >= 4 is 28.6 Å². The Morgan fingerprint density at radius 3 is 2.07 bits per heavy atom. The number of ether oxygens (including phenoxy) is 2. The number of unbranched alkanes of at least 4 members (excludes halogenated alkanes) is 3. The molecule has 3 aliphatic rings. The number of nitrogens with zero attached hydrogens (tertiary/aromatic N) is 6. The molecule has 2 bridgehead atoms. The van der Waals surface area contributed by atoms with E-state index in [1.54, 1.807) is 57.6 Å². The number of aromatic nitrogens is 1. The number of carbonyl (C=O) groups excluding carboxylic acids is 3. The molecule has 0 unspecified atom stereocenters. The van der Waals surface area contributed by atoms with E-state index in [2.05, 4.69) is 32.9 Å². The van der Waals surface area contributed by atoms with Crippen LogP contribution in [-0.2, 0) is 35.0 Å². The number of piperidine rings is 1. The molecule has 2 atom stereocenters. The van der Waals surface area contributed by atoms with Gasteiger partial charge in [-0.15, -0.1) is 4.28 Å². The summed E-state index contributed by atoms with van der Waals surface area (Å²) in [6, 6.07) is -0.245. The van der Waals surface area contributed by atoms with Gasteiger partial charge in [-0.2, -0.15) is 22.8 Å². The van der Waals surface area contributed by atoms with E-state index >= 15 is 0 Å². The smallest absolute Gasteiger partial charge is 0.437 e. The minimum Gasteiger partial charge on any atom is -0.444 e. The molecule has 0 radical (unpaired) electrons. The fraction of sp³-hybridized carbons (Fsp3) is 0.846. The van der Waals surface area contributed by atoms with Gasteiger partial charge in [0.25, 0.3) is 0 Å². The van der Waals surface area contributed by atoms with E-state index in [4.69, 9.17) is 22.6 Å². The monoisotopic (exact) mass is 812 g/mol. The Hall–Kier alpha value is -3.15. The van der Waals surface area contributed by atoms with Crippen LogP contribution in [0.1, 0.15) is 164 Å². The molecule has 17 heteroatoms. The van der Waals surface area contributed by atoms with E-state index in [1.807, 2.05) is 0 Å². The molecule has 1 aromatic rings. The van der Waals surface area contributed by atoms with Crippen molar-refractivity contribution in [2.75, 3.05) is 26.2 Å². The van der Waals surface area contributed by atoms with E-state index in [-0.39, 0.29) is 32.2 Å². The van der Waals surface area contributed by atoms with E-state index < -0.39 is 57.4 Å². The molecule has 3 saturated heterocycles. The second-order valence-corrected chi connectivity index (χ2v) is 18.7. The lowest BCUT2D eigenvalue weighted by atomic mass is 9.82. The Bertz CT molecular complexity index is 1560. The summed E-state index contributed by atoms with van der Waals surface area (Å²) in [4.78, 5) is 44.4. The average Bonchev–Trinajstić information content (AvgIpc) is 3.63. The standard InChI is InChI=1S/C39H68N6O10S/c1-11-15-21-39(20-14-4,22-16-12-2)44(23-17-13-3)54-56(49,50)55-45-29-18-19-33(43(27-29)34(45)46)32-24-31(53-40-32)28-42(36(48)52-38(8,9)10)30-25-41(26-30)35(47)51-37(5,6)7/h24,29-30,33H,11-23,25-28H2,1-10H3/t29-,33-/m0/s1. The Balaban J connectivity index is 1.47. The minimum atomic E-state index is -4.67. The lowest BCUT2D eigenvalue weighted by molar-refractivity contribution is -0.172. The molecule has 320 valence electrons. The van der Waals surface area contributed by atoms with E-state index in [0.717, 1.165) is 69.3 Å². The predicted molar refractivity (Wildman–Crippen MR) is 209 cm³/mol. The summed E-state index contributed by atoms with van der Waals surface area (Å²) in [7, 11) is -4.67. The molecule has 4 amide bonds. The first-order valence-corrected chi connectivity index (χ1v) is 22.0. The van der Waals surface area contributed by atoms with Gasteiger partial charge in [-0.05, 0) is 80.1 Å². The molecule has 56 heavy (non-hydrogen) atoms. The molecule has 3 aliphatic heterocycles. The number of hydrogen-bond acceptors (Lipinski definition) is 12. The average molecular weight is 813 g/mol. The van der Waals surface area contributed by atoms with Gasteiger partial charge in [-0.1, -0.05) is 71.4 Å². The second kappa shape index (κ2) is 19.1. The van der Waals surface area contributed by atoms with Crippen LogP contribution in [0.5, 0.6) is 0 Å². The summed E-state index contributed by atoms with van der Waals surface area (Å²) >= 11 is 0. The zero-order valence-corrected chi connectivity index (χ0v) is 36.3. The highest BCUT2D eigenvalue weighted by molar-refractivity contribution is 7.81. The van der Waals surface area contributed by atoms with Gasteiger partial charge >= 0.3 is 28.6 Å². The lowest BCUT2D eigenvalue weighted by Crippen LogP contribution is -2.63. The zero-order valence-electron chi connectivity index (χ0n) is 35.5. The third-order valence-electron chi connectivity index (χ3n) is 10.5. The van der Waals surface area contributed by atoms with Crippen LogP contribution < -0.4 is 0 Å². The van der Waals surface area contributed by atoms with E-state index in [9.17, 15) is 22.8 Å². The highest BCUT2D eigenvalue weighted by atomic mass is 32.3. The molecule has 4 heterocycles. The maximum absolute atomic E-state index is 13.8. The largest absolute Gasteiger partial charge is 0.444 e. The predicted octanol–water partition coefficient (Wildman–Crippen LogP) is 8.10. The maximum atomic E-state index is 13.8. The molecule has 0 aliphatic carbocycles. The molecule has 4 rings (SSSR count). The first kappa shape index (κ1) is 45.6. The fourth-order valence-corrected chi connectivity index (χ4v) is 8.52. The molecular formula is C39H68N6O10S. The molecule has 1 aromatic heterocycles. The van der Waals surface area contributed by atoms with E-state index in [0.29, 0.717) is 30.8 Å². The van der Waals surface area contributed by atoms with Crippen molar-refractivity contribution in [2.24, 2.45) is 0 Å². The van der Waals surface area contributed by atoms with Gasteiger partial charge in [0.05, 0.1) is 24.7 Å². The topological polar surface area (TPSA) is 164 Å². The third-order valence-corrected chi connectivity index (χ3v) is 11.2. The van der Waals surface area contributed by atoms with Crippen LogP contribution in [-0.4, -0.2) is 112 Å². The highest BCUT2D eigenvalue weighted by Crippen LogP contribution is 2.40. The summed E-state index contributed by atoms with van der Waals surface area (Å²) in [6.45, 7) is 20.4. The summed E-state index contributed by atoms with van der Waals surface area (Å²) in [6.07, 6.45) is 8.65. The van der Waals surface area contributed by atoms with Crippen LogP contribution in [0, 0.1) is 0 Å². The van der Waals surface area contributed by atoms with Gasteiger partial charge in [-0.3, -0.25) is 4.90 Å². The molecule has 16 nitrogen and oxygen atoms in total. The second-order valence-electron chi connectivity index (χ2n) is 17.6. The van der Waals surface area contributed by atoms with Crippen molar-refractivity contribution in [3.63, 3.8) is 0 Å². The van der Waals surface area contributed by atoms with Crippen molar-refractivity contribution in [2.45, 2.75) is 188 Å². The molecular weight excluding hydrogens is 745 g/mol. The summed E-state index contributed by atoms with van der Waals surface area (Å²) in [5, 5.41) is 6.87. The maximum Gasteiger partial charge on any atom is 0.437 e. The zero-order chi connectivity index (χ0) is 41.5. The SMILES string of the molecule is CCCCN(OS(=O)(=O)ON1C(=O)N2C[C@@H]1CC[C@H]2c1cc(CN(C(=O)OC(C)(C)C)C2CN(C(=O)OC(C)(C)C)C2)on1)C(CCC)(CCCC)CCCC. The number of urea groups is 1. The van der Waals surface area contributed by atoms with Crippen molar-refractivity contribution in [3.8, 4) is 0 Å². The highest BCUT2D eigenvalue weighted by Gasteiger charge is 2.50. The van der Waals surface area contributed by atoms with Crippen LogP contribution in [0.25, 0.3) is 0 Å². The van der Waals surface area contributed by atoms with Crippen LogP contribution in [0.4, 0.5) is 14.4 Å². The minimum absolute atomic E-state index is 0.0212. The molecule has 3 fully saturated rings. The Labute approximate surface area is 334 Å². The summed E-state index contributed by atoms with van der Waals surface area (Å²) in [5.74, 6) is 0.369. The molecule has 0 saturated carbocycles. The van der Waals surface area contributed by atoms with Gasteiger partial charge in [-0.25, -0.2) is 14.4 Å². The number of fused-ring (bicyclic) bond motifs is 2. The fourth-order valence-electron chi connectivity index (χ4n) is 7.66. The number of carbonyl (C=O) groups is 3. The van der Waals surface area contributed by atoms with Crippen LogP contribution in [0.15, 0.2) is 10.6 Å². The van der Waals surface area contributed by atoms with Crippen molar-refractivity contribution in [3.05, 3.63) is 17.5 Å². The first-order valence-electron chi connectivity index (χ1n) is 20.7. The number of hydrogen-bond donors (Lipinski definition) is 0. The third kappa shape index (κ3) is 11.9. The Morgan fingerprint density at radius 2 is 1.50 bits per heavy atom. The van der Waals surface area contributed by atoms with Crippen molar-refractivity contribution in [1.82, 2.24) is 30.0 Å². The van der Waals surface area contributed by atoms with Crippen LogP contribution in [0.3, 0.4) is 0 Å². The van der Waals surface area contributed by atoms with Gasteiger partial charge in [0, 0.05) is 37.8 Å². The quantitative estimate of drug-likeness (QED) is 0.116. The molecule has 0 spiro atoms. The normalized spacial score (nSPS) is 19.5.